The van der Waals surface area contributed by atoms with E-state index in [0.29, 0.717) is 0 Å². The van der Waals surface area contributed by atoms with Crippen molar-refractivity contribution in [2.75, 3.05) is 7.11 Å². The van der Waals surface area contributed by atoms with Gasteiger partial charge in [-0.15, -0.1) is 0 Å². The van der Waals surface area contributed by atoms with Crippen molar-refractivity contribution < 1.29 is 8.92 Å². The molecule has 19 heavy (non-hydrogen) atoms. The molecule has 2 nitrogen and oxygen atoms in total. The molecule has 100 valence electrons. The fourth-order valence-electron chi connectivity index (χ4n) is 1.70. The minimum Gasteiger partial charge on any atom is -0.493 e. The predicted octanol–water partition coefficient (Wildman–Crippen LogP) is 4.71. The number of hydrogen-bond donors (Lipinski definition) is 0. The summed E-state index contributed by atoms with van der Waals surface area (Å²) in [5.74, 6) is 1.51. The van der Waals surface area contributed by atoms with Crippen LogP contribution < -0.4 is 8.92 Å². The van der Waals surface area contributed by atoms with Crippen LogP contribution in [0.4, 0.5) is 0 Å². The second-order valence-electron chi connectivity index (χ2n) is 4.57. The largest absolute Gasteiger partial charge is 0.493 e. The third kappa shape index (κ3) is 3.44. The fourth-order valence-corrected chi connectivity index (χ4v) is 2.37. The monoisotopic (exact) mass is 274 g/mol. The van der Waals surface area contributed by atoms with Gasteiger partial charge in [0.1, 0.15) is 0 Å². The highest BCUT2D eigenvalue weighted by molar-refractivity contribution is 7.95. The molecular formula is C16H18O2S. The van der Waals surface area contributed by atoms with Crippen molar-refractivity contribution in [3.63, 3.8) is 0 Å². The normalized spacial score (nSPS) is 10.3. The summed E-state index contributed by atoms with van der Waals surface area (Å²) in [7, 11) is 1.66. The Hall–Kier alpha value is -1.61. The van der Waals surface area contributed by atoms with Crippen molar-refractivity contribution >= 4 is 12.0 Å². The Morgan fingerprint density at radius 1 is 0.842 bits per heavy atom. The molecule has 0 unspecified atom stereocenters. The predicted molar refractivity (Wildman–Crippen MR) is 80.1 cm³/mol. The van der Waals surface area contributed by atoms with Crippen LogP contribution in [0.2, 0.25) is 0 Å². The molecule has 0 bridgehead atoms. The fraction of sp³-hybridized carbons (Fsp3) is 0.250. The van der Waals surface area contributed by atoms with Crippen molar-refractivity contribution in [3.05, 3.63) is 53.1 Å². The first-order chi connectivity index (χ1) is 9.10. The van der Waals surface area contributed by atoms with Gasteiger partial charge in [-0.1, -0.05) is 12.1 Å². The summed E-state index contributed by atoms with van der Waals surface area (Å²) in [5.41, 5.74) is 3.71. The zero-order chi connectivity index (χ0) is 13.8. The number of benzene rings is 2. The molecule has 0 amide bonds. The van der Waals surface area contributed by atoms with E-state index in [0.717, 1.165) is 22.0 Å². The maximum atomic E-state index is 5.76. The second kappa shape index (κ2) is 6.02. The number of hydrogen-bond acceptors (Lipinski definition) is 3. The van der Waals surface area contributed by atoms with Gasteiger partial charge in [0.2, 0.25) is 0 Å². The zero-order valence-corrected chi connectivity index (χ0v) is 12.5. The van der Waals surface area contributed by atoms with Gasteiger partial charge in [-0.2, -0.15) is 0 Å². The van der Waals surface area contributed by atoms with Gasteiger partial charge in [0.05, 0.1) is 19.2 Å². The topological polar surface area (TPSA) is 18.5 Å². The molecule has 0 spiro atoms. The summed E-state index contributed by atoms with van der Waals surface area (Å²) in [6, 6.07) is 12.2. The molecule has 2 aromatic rings. The van der Waals surface area contributed by atoms with Crippen LogP contribution in [0.1, 0.15) is 16.7 Å². The lowest BCUT2D eigenvalue weighted by molar-refractivity contribution is 0.399. The SMILES string of the molecule is COc1cc(C)ccc1OSc1ccc(C)c(C)c1. The lowest BCUT2D eigenvalue weighted by Crippen LogP contribution is -1.90. The van der Waals surface area contributed by atoms with E-state index in [-0.39, 0.29) is 0 Å². The van der Waals surface area contributed by atoms with Gasteiger partial charge in [-0.3, -0.25) is 0 Å². The van der Waals surface area contributed by atoms with Crippen LogP contribution in [0.15, 0.2) is 41.3 Å². The minimum atomic E-state index is 0.747. The van der Waals surface area contributed by atoms with Crippen molar-refractivity contribution in [1.82, 2.24) is 0 Å². The Balaban J connectivity index is 2.12. The van der Waals surface area contributed by atoms with Crippen molar-refractivity contribution in [1.29, 1.82) is 0 Å². The van der Waals surface area contributed by atoms with Gasteiger partial charge in [-0.05, 0) is 61.7 Å². The molecule has 3 heteroatoms. The van der Waals surface area contributed by atoms with Crippen LogP contribution in [-0.4, -0.2) is 7.11 Å². The summed E-state index contributed by atoms with van der Waals surface area (Å²) in [6.07, 6.45) is 0. The van der Waals surface area contributed by atoms with Crippen LogP contribution >= 0.6 is 12.0 Å². The van der Waals surface area contributed by atoms with Crippen molar-refractivity contribution in [2.24, 2.45) is 0 Å². The third-order valence-corrected chi connectivity index (χ3v) is 3.73. The maximum absolute atomic E-state index is 5.76. The van der Waals surface area contributed by atoms with Crippen molar-refractivity contribution in [3.8, 4) is 11.5 Å². The molecule has 0 saturated carbocycles. The molecule has 0 aliphatic carbocycles. The smallest absolute Gasteiger partial charge is 0.179 e. The minimum absolute atomic E-state index is 0.747. The van der Waals surface area contributed by atoms with Gasteiger partial charge < -0.3 is 8.92 Å². The first-order valence-corrected chi connectivity index (χ1v) is 6.90. The molecule has 0 aliphatic heterocycles. The van der Waals surface area contributed by atoms with E-state index < -0.39 is 0 Å². The molecule has 0 saturated heterocycles. The zero-order valence-electron chi connectivity index (χ0n) is 11.7. The van der Waals surface area contributed by atoms with Crippen LogP contribution in [-0.2, 0) is 0 Å². The molecule has 0 heterocycles. The van der Waals surface area contributed by atoms with E-state index in [2.05, 4.69) is 32.0 Å². The molecule has 2 aromatic carbocycles. The lowest BCUT2D eigenvalue weighted by atomic mass is 10.1. The number of ether oxygens (including phenoxy) is 1. The van der Waals surface area contributed by atoms with Crippen LogP contribution in [0.25, 0.3) is 0 Å². The lowest BCUT2D eigenvalue weighted by Gasteiger charge is -2.10. The highest BCUT2D eigenvalue weighted by Crippen LogP contribution is 2.33. The summed E-state index contributed by atoms with van der Waals surface area (Å²) < 4.78 is 11.1. The van der Waals surface area contributed by atoms with Crippen LogP contribution in [0.3, 0.4) is 0 Å². The van der Waals surface area contributed by atoms with E-state index >= 15 is 0 Å². The van der Waals surface area contributed by atoms with Crippen molar-refractivity contribution in [2.45, 2.75) is 25.7 Å². The van der Waals surface area contributed by atoms with Gasteiger partial charge in [0.25, 0.3) is 0 Å². The molecule has 0 radical (unpaired) electrons. The Morgan fingerprint density at radius 2 is 1.63 bits per heavy atom. The van der Waals surface area contributed by atoms with Crippen LogP contribution in [0, 0.1) is 20.8 Å². The number of methoxy groups -OCH3 is 1. The van der Waals surface area contributed by atoms with Gasteiger partial charge in [0.15, 0.2) is 11.5 Å². The van der Waals surface area contributed by atoms with E-state index in [1.165, 1.54) is 23.2 Å². The molecule has 0 fully saturated rings. The standard InChI is InChI=1S/C16H18O2S/c1-11-5-8-15(16(9-11)17-4)18-19-14-7-6-12(2)13(3)10-14/h5-10H,1-4H3. The first kappa shape index (κ1) is 13.8. The quantitative estimate of drug-likeness (QED) is 0.752. The third-order valence-electron chi connectivity index (χ3n) is 3.03. The molecule has 2 rings (SSSR count). The highest BCUT2D eigenvalue weighted by Gasteiger charge is 2.06. The van der Waals surface area contributed by atoms with E-state index in [9.17, 15) is 0 Å². The molecule has 0 N–H and O–H groups in total. The maximum Gasteiger partial charge on any atom is 0.179 e. The Morgan fingerprint density at radius 3 is 2.32 bits per heavy atom. The summed E-state index contributed by atoms with van der Waals surface area (Å²) >= 11 is 1.35. The summed E-state index contributed by atoms with van der Waals surface area (Å²) in [4.78, 5) is 1.09. The highest BCUT2D eigenvalue weighted by atomic mass is 32.2. The van der Waals surface area contributed by atoms with Gasteiger partial charge in [0, 0.05) is 4.90 Å². The van der Waals surface area contributed by atoms with Crippen LogP contribution in [0.5, 0.6) is 11.5 Å². The average Bonchev–Trinajstić information content (AvgIpc) is 2.41. The average molecular weight is 274 g/mol. The van der Waals surface area contributed by atoms with Gasteiger partial charge >= 0.3 is 0 Å². The van der Waals surface area contributed by atoms with E-state index in [4.69, 9.17) is 8.92 Å². The summed E-state index contributed by atoms with van der Waals surface area (Å²) in [5, 5.41) is 0. The molecule has 0 aromatic heterocycles. The number of aryl methyl sites for hydroxylation is 3. The Kier molecular flexibility index (Phi) is 4.38. The van der Waals surface area contributed by atoms with Gasteiger partial charge in [-0.25, -0.2) is 0 Å². The van der Waals surface area contributed by atoms with E-state index in [1.807, 2.05) is 25.1 Å². The Labute approximate surface area is 119 Å². The molecule has 0 aliphatic rings. The Bertz CT molecular complexity index is 579. The number of rotatable bonds is 4. The van der Waals surface area contributed by atoms with E-state index in [1.54, 1.807) is 7.11 Å². The summed E-state index contributed by atoms with van der Waals surface area (Å²) in [6.45, 7) is 6.24. The molecular weight excluding hydrogens is 256 g/mol. The second-order valence-corrected chi connectivity index (χ2v) is 5.37. The molecule has 0 atom stereocenters. The first-order valence-electron chi connectivity index (χ1n) is 6.16.